The van der Waals surface area contributed by atoms with Crippen LogP contribution in [0.1, 0.15) is 27.0 Å². The molecule has 0 radical (unpaired) electrons. The SMILES string of the molecule is Cc1cccc2c1C(=O)N(Cc1ccccc1)C2. The van der Waals surface area contributed by atoms with Crippen LogP contribution >= 0.6 is 0 Å². The van der Waals surface area contributed by atoms with E-state index in [0.717, 1.165) is 23.2 Å². The summed E-state index contributed by atoms with van der Waals surface area (Å²) >= 11 is 0. The number of fused-ring (bicyclic) bond motifs is 1. The van der Waals surface area contributed by atoms with Gasteiger partial charge in [0, 0.05) is 18.7 Å². The van der Waals surface area contributed by atoms with Gasteiger partial charge in [0.1, 0.15) is 0 Å². The molecule has 3 rings (SSSR count). The fourth-order valence-corrected chi connectivity index (χ4v) is 2.53. The maximum Gasteiger partial charge on any atom is 0.255 e. The van der Waals surface area contributed by atoms with Crippen molar-refractivity contribution < 1.29 is 4.79 Å². The molecule has 18 heavy (non-hydrogen) atoms. The number of benzene rings is 2. The quantitative estimate of drug-likeness (QED) is 0.785. The number of nitrogens with zero attached hydrogens (tertiary/aromatic N) is 1. The average Bonchev–Trinajstić information content (AvgIpc) is 2.69. The Morgan fingerprint density at radius 3 is 2.56 bits per heavy atom. The molecule has 2 heteroatoms. The average molecular weight is 237 g/mol. The summed E-state index contributed by atoms with van der Waals surface area (Å²) in [7, 11) is 0. The highest BCUT2D eigenvalue weighted by molar-refractivity contribution is 5.99. The molecule has 1 amide bonds. The van der Waals surface area contributed by atoms with Crippen LogP contribution in [-0.4, -0.2) is 10.8 Å². The van der Waals surface area contributed by atoms with E-state index in [1.54, 1.807) is 0 Å². The summed E-state index contributed by atoms with van der Waals surface area (Å²) in [6, 6.07) is 16.2. The minimum atomic E-state index is 0.159. The molecule has 1 aliphatic heterocycles. The predicted molar refractivity (Wildman–Crippen MR) is 71.2 cm³/mol. The molecule has 0 saturated carbocycles. The van der Waals surface area contributed by atoms with Gasteiger partial charge in [0.15, 0.2) is 0 Å². The standard InChI is InChI=1S/C16H15NO/c1-12-6-5-9-14-11-17(16(18)15(12)14)10-13-7-3-2-4-8-13/h2-9H,10-11H2,1H3. The summed E-state index contributed by atoms with van der Waals surface area (Å²) in [6.07, 6.45) is 0. The van der Waals surface area contributed by atoms with Gasteiger partial charge in [0.2, 0.25) is 0 Å². The topological polar surface area (TPSA) is 20.3 Å². The second-order valence-electron chi connectivity index (χ2n) is 4.76. The summed E-state index contributed by atoms with van der Waals surface area (Å²) in [5, 5.41) is 0. The molecule has 0 saturated heterocycles. The van der Waals surface area contributed by atoms with Gasteiger partial charge in [-0.3, -0.25) is 4.79 Å². The van der Waals surface area contributed by atoms with Crippen molar-refractivity contribution in [3.05, 3.63) is 70.8 Å². The first kappa shape index (κ1) is 11.0. The number of carbonyl (C=O) groups is 1. The lowest BCUT2D eigenvalue weighted by Gasteiger charge is -2.15. The third-order valence-corrected chi connectivity index (χ3v) is 3.44. The Morgan fingerprint density at radius 1 is 1.06 bits per heavy atom. The first-order valence-electron chi connectivity index (χ1n) is 6.17. The summed E-state index contributed by atoms with van der Waals surface area (Å²) in [6.45, 7) is 3.42. The van der Waals surface area contributed by atoms with Gasteiger partial charge in [0.05, 0.1) is 0 Å². The van der Waals surface area contributed by atoms with Crippen molar-refractivity contribution in [2.45, 2.75) is 20.0 Å². The van der Waals surface area contributed by atoms with Crippen LogP contribution in [0.4, 0.5) is 0 Å². The Kier molecular flexibility index (Phi) is 2.63. The number of carbonyl (C=O) groups excluding carboxylic acids is 1. The van der Waals surface area contributed by atoms with Crippen molar-refractivity contribution in [2.24, 2.45) is 0 Å². The molecule has 2 nitrogen and oxygen atoms in total. The van der Waals surface area contributed by atoms with Crippen molar-refractivity contribution in [3.63, 3.8) is 0 Å². The Bertz CT molecular complexity index is 589. The van der Waals surface area contributed by atoms with E-state index in [1.165, 1.54) is 5.56 Å². The van der Waals surface area contributed by atoms with Crippen LogP contribution in [0.25, 0.3) is 0 Å². The smallest absolute Gasteiger partial charge is 0.255 e. The number of hydrogen-bond acceptors (Lipinski definition) is 1. The highest BCUT2D eigenvalue weighted by atomic mass is 16.2. The highest BCUT2D eigenvalue weighted by Gasteiger charge is 2.28. The van der Waals surface area contributed by atoms with Crippen LogP contribution in [0.2, 0.25) is 0 Å². The second-order valence-corrected chi connectivity index (χ2v) is 4.76. The Morgan fingerprint density at radius 2 is 1.83 bits per heavy atom. The lowest BCUT2D eigenvalue weighted by Crippen LogP contribution is -2.23. The van der Waals surface area contributed by atoms with Crippen molar-refractivity contribution >= 4 is 5.91 Å². The first-order valence-corrected chi connectivity index (χ1v) is 6.17. The van der Waals surface area contributed by atoms with E-state index in [2.05, 4.69) is 12.1 Å². The minimum absolute atomic E-state index is 0.159. The first-order chi connectivity index (χ1) is 8.75. The molecular weight excluding hydrogens is 222 g/mol. The van der Waals surface area contributed by atoms with Crippen LogP contribution in [0, 0.1) is 6.92 Å². The molecule has 0 N–H and O–H groups in total. The fraction of sp³-hybridized carbons (Fsp3) is 0.188. The lowest BCUT2D eigenvalue weighted by molar-refractivity contribution is 0.0766. The molecule has 0 aliphatic carbocycles. The molecule has 1 aliphatic rings. The van der Waals surface area contributed by atoms with Gasteiger partial charge in [-0.1, -0.05) is 48.5 Å². The number of hydrogen-bond donors (Lipinski definition) is 0. The van der Waals surface area contributed by atoms with Crippen molar-refractivity contribution in [2.75, 3.05) is 0 Å². The Balaban J connectivity index is 1.87. The van der Waals surface area contributed by atoms with Crippen LogP contribution in [0.5, 0.6) is 0 Å². The van der Waals surface area contributed by atoms with Gasteiger partial charge in [-0.25, -0.2) is 0 Å². The summed E-state index contributed by atoms with van der Waals surface area (Å²) in [4.78, 5) is 14.3. The predicted octanol–water partition coefficient (Wildman–Crippen LogP) is 3.15. The molecule has 0 fully saturated rings. The molecule has 2 aromatic rings. The molecular formula is C16H15NO. The maximum atomic E-state index is 12.3. The van der Waals surface area contributed by atoms with Gasteiger partial charge in [-0.2, -0.15) is 0 Å². The molecule has 0 aromatic heterocycles. The van der Waals surface area contributed by atoms with Crippen LogP contribution in [0.15, 0.2) is 48.5 Å². The number of aryl methyl sites for hydroxylation is 1. The van der Waals surface area contributed by atoms with Gasteiger partial charge in [-0.05, 0) is 23.6 Å². The molecule has 0 unspecified atom stereocenters. The van der Waals surface area contributed by atoms with Gasteiger partial charge < -0.3 is 4.90 Å². The van der Waals surface area contributed by atoms with E-state index in [-0.39, 0.29) is 5.91 Å². The molecule has 0 atom stereocenters. The molecule has 0 spiro atoms. The molecule has 1 heterocycles. The highest BCUT2D eigenvalue weighted by Crippen LogP contribution is 2.26. The largest absolute Gasteiger partial charge is 0.330 e. The summed E-state index contributed by atoms with van der Waals surface area (Å²) in [5.74, 6) is 0.159. The normalized spacial score (nSPS) is 13.8. The van der Waals surface area contributed by atoms with E-state index in [9.17, 15) is 4.79 Å². The Hall–Kier alpha value is -2.09. The Labute approximate surface area is 107 Å². The van der Waals surface area contributed by atoms with Gasteiger partial charge in [-0.15, -0.1) is 0 Å². The van der Waals surface area contributed by atoms with Gasteiger partial charge in [0.25, 0.3) is 5.91 Å². The molecule has 2 aromatic carbocycles. The fourth-order valence-electron chi connectivity index (χ4n) is 2.53. The van der Waals surface area contributed by atoms with Crippen LogP contribution < -0.4 is 0 Å². The van der Waals surface area contributed by atoms with Crippen molar-refractivity contribution in [3.8, 4) is 0 Å². The zero-order valence-electron chi connectivity index (χ0n) is 10.4. The third-order valence-electron chi connectivity index (χ3n) is 3.44. The monoisotopic (exact) mass is 237 g/mol. The number of rotatable bonds is 2. The van der Waals surface area contributed by atoms with Crippen molar-refractivity contribution in [1.29, 1.82) is 0 Å². The maximum absolute atomic E-state index is 12.3. The van der Waals surface area contributed by atoms with Gasteiger partial charge >= 0.3 is 0 Å². The van der Waals surface area contributed by atoms with E-state index < -0.39 is 0 Å². The third kappa shape index (κ3) is 1.80. The van der Waals surface area contributed by atoms with Crippen LogP contribution in [0.3, 0.4) is 0 Å². The van der Waals surface area contributed by atoms with E-state index in [4.69, 9.17) is 0 Å². The summed E-state index contributed by atoms with van der Waals surface area (Å²) in [5.41, 5.74) is 4.30. The van der Waals surface area contributed by atoms with E-state index >= 15 is 0 Å². The summed E-state index contributed by atoms with van der Waals surface area (Å²) < 4.78 is 0. The number of amides is 1. The van der Waals surface area contributed by atoms with E-state index in [0.29, 0.717) is 6.54 Å². The lowest BCUT2D eigenvalue weighted by atomic mass is 10.0. The van der Waals surface area contributed by atoms with Crippen LogP contribution in [-0.2, 0) is 13.1 Å². The second kappa shape index (κ2) is 4.30. The molecule has 90 valence electrons. The molecule has 0 bridgehead atoms. The zero-order valence-corrected chi connectivity index (χ0v) is 10.4. The van der Waals surface area contributed by atoms with E-state index in [1.807, 2.05) is 48.2 Å². The zero-order chi connectivity index (χ0) is 12.5. The van der Waals surface area contributed by atoms with Crippen molar-refractivity contribution in [1.82, 2.24) is 4.90 Å². The minimum Gasteiger partial charge on any atom is -0.330 e.